The molecule has 0 aromatic heterocycles. The second-order valence-electron chi connectivity index (χ2n) is 23.0. The summed E-state index contributed by atoms with van der Waals surface area (Å²) in [4.78, 5) is 22.7. The number of aliphatic hydroxyl groups is 1. The molecule has 6 aromatic carbocycles. The molecule has 29 heteroatoms. The zero-order chi connectivity index (χ0) is 67.6. The highest BCUT2D eigenvalue weighted by molar-refractivity contribution is 7.93. The number of carbonyl (C=O) groups excluding carboxylic acids is 2. The van der Waals surface area contributed by atoms with Crippen LogP contribution in [0.5, 0.6) is 17.2 Å². The first-order chi connectivity index (χ1) is 44.2. The lowest BCUT2D eigenvalue weighted by molar-refractivity contribution is 0.0337. The second-order valence-corrected chi connectivity index (χ2v) is 31.3. The minimum Gasteiger partial charge on any atom is -0.490 e. The zero-order valence-electron chi connectivity index (χ0n) is 49.8. The summed E-state index contributed by atoms with van der Waals surface area (Å²) in [6.45, 7) is -0.908. The summed E-state index contributed by atoms with van der Waals surface area (Å²) in [5.74, 6) is -9.69. The van der Waals surface area contributed by atoms with E-state index in [-0.39, 0.29) is 102 Å². The molecule has 16 nitrogen and oxygen atoms in total. The number of amides is 1. The number of ether oxygens (including phenoxy) is 5. The number of aliphatic hydroxyl groups excluding tert-OH is 1. The summed E-state index contributed by atoms with van der Waals surface area (Å²) in [7, 11) is -9.71. The van der Waals surface area contributed by atoms with Crippen molar-refractivity contribution in [3.63, 3.8) is 0 Å². The Morgan fingerprint density at radius 1 is 0.495 bits per heavy atom. The lowest BCUT2D eigenvalue weighted by atomic mass is 9.67. The highest BCUT2D eigenvalue weighted by atomic mass is 35.5. The first-order valence-electron chi connectivity index (χ1n) is 29.4. The van der Waals surface area contributed by atoms with Crippen molar-refractivity contribution >= 4 is 87.4 Å². The van der Waals surface area contributed by atoms with Crippen molar-refractivity contribution in [2.75, 3.05) is 53.7 Å². The number of sulfone groups is 3. The van der Waals surface area contributed by atoms with Gasteiger partial charge in [0.15, 0.2) is 64.2 Å². The summed E-state index contributed by atoms with van der Waals surface area (Å²) in [6.07, 6.45) is 2.53. The highest BCUT2D eigenvalue weighted by Gasteiger charge is 2.64. The lowest BCUT2D eigenvalue weighted by Gasteiger charge is -2.50. The van der Waals surface area contributed by atoms with E-state index in [4.69, 9.17) is 70.1 Å². The number of nitrogens with two attached hydrogens (primary N) is 1. The van der Waals surface area contributed by atoms with E-state index in [9.17, 15) is 53.1 Å². The van der Waals surface area contributed by atoms with Crippen molar-refractivity contribution in [1.82, 2.24) is 5.32 Å². The predicted molar refractivity (Wildman–Crippen MR) is 334 cm³/mol. The maximum Gasteiger partial charge on any atom is 0.406 e. The molecule has 502 valence electrons. The fraction of sp³-hybridized carbons (Fsp3) is 0.406. The summed E-state index contributed by atoms with van der Waals surface area (Å²) in [5.41, 5.74) is 2.59. The van der Waals surface area contributed by atoms with Gasteiger partial charge in [0, 0.05) is 69.9 Å². The minimum absolute atomic E-state index is 0.0167. The average Bonchev–Trinajstić information content (AvgIpc) is 0.720. The molecule has 0 bridgehead atoms. The third kappa shape index (κ3) is 12.8. The molecule has 0 radical (unpaired) electrons. The van der Waals surface area contributed by atoms with Gasteiger partial charge in [0.25, 0.3) is 0 Å². The van der Waals surface area contributed by atoms with Gasteiger partial charge < -0.3 is 39.8 Å². The van der Waals surface area contributed by atoms with Crippen LogP contribution in [0.1, 0.15) is 74.5 Å². The first-order valence-corrected chi connectivity index (χ1v) is 35.4. The smallest absolute Gasteiger partial charge is 0.406 e. The number of fused-ring (bicyclic) bond motifs is 9. The fourth-order valence-corrected chi connectivity index (χ4v) is 22.4. The first kappa shape index (κ1) is 71.3. The number of benzene rings is 6. The van der Waals surface area contributed by atoms with Crippen molar-refractivity contribution in [3.05, 3.63) is 176 Å². The Labute approximate surface area is 554 Å². The molecule has 93 heavy (non-hydrogen) atoms. The van der Waals surface area contributed by atoms with Crippen molar-refractivity contribution in [2.45, 2.75) is 86.7 Å². The van der Waals surface area contributed by atoms with Crippen LogP contribution in [0.2, 0.25) is 15.1 Å². The number of alkyl carbamates (subject to hydrolysis) is 1. The molecule has 3 saturated carbocycles. The Kier molecular flexibility index (Phi) is 22.0. The second kappa shape index (κ2) is 28.7. The molecular weight excluding hydrogens is 1370 g/mol. The van der Waals surface area contributed by atoms with E-state index in [0.29, 0.717) is 53.6 Å². The van der Waals surface area contributed by atoms with E-state index in [2.05, 4.69) is 11.1 Å². The van der Waals surface area contributed by atoms with Gasteiger partial charge in [-0.05, 0) is 161 Å². The third-order valence-electron chi connectivity index (χ3n) is 18.6. The van der Waals surface area contributed by atoms with Crippen molar-refractivity contribution in [3.8, 4) is 17.2 Å². The number of hydrogen-bond donors (Lipinski definition) is 3. The quantitative estimate of drug-likeness (QED) is 0.0807. The zero-order valence-corrected chi connectivity index (χ0v) is 55.3. The summed E-state index contributed by atoms with van der Waals surface area (Å²) >= 11 is 23.1. The van der Waals surface area contributed by atoms with E-state index in [0.717, 1.165) is 36.4 Å². The number of hydrogen-bond acceptors (Lipinski definition) is 15. The molecular formula is C64H64Cl4F6N2O14S3. The molecule has 3 heterocycles. The molecule has 12 rings (SSSR count). The van der Waals surface area contributed by atoms with Gasteiger partial charge in [-0.1, -0.05) is 54.1 Å². The third-order valence-corrected chi connectivity index (χ3v) is 27.2. The van der Waals surface area contributed by atoms with Crippen LogP contribution in [-0.2, 0) is 53.2 Å². The largest absolute Gasteiger partial charge is 0.490 e. The molecule has 3 fully saturated rings. The number of nitrogens with one attached hydrogen (secondary N) is 1. The summed E-state index contributed by atoms with van der Waals surface area (Å²) < 4.78 is 195. The minimum atomic E-state index is -4.24. The van der Waals surface area contributed by atoms with Gasteiger partial charge in [-0.3, -0.25) is 0 Å². The van der Waals surface area contributed by atoms with Crippen LogP contribution in [-0.4, -0.2) is 95.6 Å². The molecule has 4 N–H and O–H groups in total. The number of halogens is 10. The standard InChI is InChI=1S/C22H22ClF2NO5S.C21H18Cl2F2O5S.C20H19ClF2O4S.CH5N/c1-26-21(27)31-11-13-3-2-10-22(32(28,29)15-6-4-14(23)5-7-15)16(13)12-30-20-18(25)9-8-17(24)19(20)22;22-13-3-5-14(6-4-13)31(27,28)21-9-1-2-12(10-30-20(23)26)15(21)11-29-19-17(25)8-7-16(24)18(19)21;21-13-3-5-14(6-4-13)28(25,26)20-9-1-2-12(10-24)15(20)11-27-19-17(23)8-7-16(22)18(19)20;1-2/h4-9,13,16H,2-3,10-12H2,1H3,(H,26,27);3-8,12,15H,1-2,9-11H2;3-8,12,15,24H,1-2,9-11H2;2H2,1H3/t13-,16?,22-;12-,15?,21-;12-,15?,20-;/m000./s1. The molecule has 0 saturated heterocycles. The lowest BCUT2D eigenvalue weighted by Crippen LogP contribution is -2.55. The van der Waals surface area contributed by atoms with Gasteiger partial charge in [-0.15, -0.1) is 0 Å². The van der Waals surface area contributed by atoms with Gasteiger partial charge in [0.1, 0.15) is 31.7 Å². The Hall–Kier alpha value is -6.03. The Bertz CT molecular complexity index is 4110. The van der Waals surface area contributed by atoms with Crippen molar-refractivity contribution in [1.29, 1.82) is 0 Å². The van der Waals surface area contributed by atoms with Crippen LogP contribution in [0.3, 0.4) is 0 Å². The van der Waals surface area contributed by atoms with Gasteiger partial charge >= 0.3 is 11.5 Å². The normalized spacial score (nSPS) is 25.0. The van der Waals surface area contributed by atoms with E-state index in [1.54, 1.807) is 0 Å². The van der Waals surface area contributed by atoms with E-state index < -0.39 is 131 Å². The Morgan fingerprint density at radius 2 is 0.774 bits per heavy atom. The SMILES string of the molecule is CN.CNC(=O)OC[C@@H]1CCC[C@@]2(S(=O)(=O)c3ccc(Cl)cc3)c3c(F)ccc(F)c3OCC12.O=C(Cl)OC[C@@H]1CCC[C@@]2(S(=O)(=O)c3ccc(Cl)cc3)c3c(F)ccc(F)c3OCC12.O=S(=O)(c1ccc(Cl)cc1)[C@@]12CCC[C@@H](CO)C1COc1c(F)ccc(F)c12. The molecule has 3 aliphatic carbocycles. The summed E-state index contributed by atoms with van der Waals surface area (Å²) in [6, 6.07) is 22.3. The van der Waals surface area contributed by atoms with Crippen molar-refractivity contribution < 1.29 is 90.0 Å². The van der Waals surface area contributed by atoms with Crippen LogP contribution in [0.15, 0.2) is 124 Å². The predicted octanol–water partition coefficient (Wildman–Crippen LogP) is 13.6. The molecule has 3 aliphatic heterocycles. The van der Waals surface area contributed by atoms with Crippen LogP contribution in [0, 0.1) is 70.4 Å². The van der Waals surface area contributed by atoms with Crippen molar-refractivity contribution in [2.24, 2.45) is 41.2 Å². The molecule has 6 aliphatic rings. The van der Waals surface area contributed by atoms with E-state index in [1.165, 1.54) is 86.9 Å². The summed E-state index contributed by atoms with van der Waals surface area (Å²) in [5, 5.41) is 13.3. The highest BCUT2D eigenvalue weighted by Crippen LogP contribution is 2.61. The van der Waals surface area contributed by atoms with Crippen LogP contribution in [0.4, 0.5) is 35.9 Å². The van der Waals surface area contributed by atoms with E-state index >= 15 is 13.2 Å². The number of carbonyl (C=O) groups is 2. The maximum atomic E-state index is 15.2. The topological polar surface area (TPSA) is 241 Å². The molecule has 0 spiro atoms. The molecule has 3 unspecified atom stereocenters. The maximum absolute atomic E-state index is 15.2. The molecule has 6 aromatic rings. The Balaban J connectivity index is 0.000000163. The van der Waals surface area contributed by atoms with Gasteiger partial charge in [0.05, 0.1) is 64.4 Å². The fourth-order valence-electron chi connectivity index (χ4n) is 14.6. The molecule has 1 amide bonds. The van der Waals surface area contributed by atoms with Crippen LogP contribution in [0.25, 0.3) is 0 Å². The Morgan fingerprint density at radius 3 is 1.06 bits per heavy atom. The van der Waals surface area contributed by atoms with Crippen LogP contribution < -0.4 is 25.3 Å². The van der Waals surface area contributed by atoms with E-state index in [1.807, 2.05) is 0 Å². The van der Waals surface area contributed by atoms with Gasteiger partial charge in [-0.2, -0.15) is 0 Å². The molecule has 9 atom stereocenters. The van der Waals surface area contributed by atoms with Gasteiger partial charge in [0.2, 0.25) is 0 Å². The van der Waals surface area contributed by atoms with Gasteiger partial charge in [-0.25, -0.2) is 61.2 Å². The van der Waals surface area contributed by atoms with Crippen LogP contribution >= 0.6 is 46.4 Å². The number of rotatable bonds is 11. The average molecular weight is 1440 g/mol. The monoisotopic (exact) mass is 1430 g/mol.